The van der Waals surface area contributed by atoms with Crippen LogP contribution < -0.4 is 5.32 Å². The molecule has 0 amide bonds. The molecular formula is C15H23F2NO2S. The zero-order chi connectivity index (χ0) is 16.4. The van der Waals surface area contributed by atoms with E-state index >= 15 is 0 Å². The van der Waals surface area contributed by atoms with Crippen LogP contribution in [0.4, 0.5) is 8.78 Å². The molecule has 0 aliphatic rings. The zero-order valence-electron chi connectivity index (χ0n) is 13.1. The van der Waals surface area contributed by atoms with Gasteiger partial charge in [0.2, 0.25) is 0 Å². The molecule has 0 saturated heterocycles. The van der Waals surface area contributed by atoms with Crippen LogP contribution in [0, 0.1) is 18.6 Å². The molecule has 0 aromatic heterocycles. The van der Waals surface area contributed by atoms with Crippen molar-refractivity contribution in [1.29, 1.82) is 0 Å². The minimum Gasteiger partial charge on any atom is -0.309 e. The minimum absolute atomic E-state index is 0.0435. The Hall–Kier alpha value is -1.01. The lowest BCUT2D eigenvalue weighted by Gasteiger charge is -2.34. The van der Waals surface area contributed by atoms with E-state index in [1.54, 1.807) is 0 Å². The Labute approximate surface area is 125 Å². The van der Waals surface area contributed by atoms with Crippen molar-refractivity contribution in [1.82, 2.24) is 5.32 Å². The zero-order valence-corrected chi connectivity index (χ0v) is 13.9. The van der Waals surface area contributed by atoms with Crippen LogP contribution in [-0.4, -0.2) is 26.0 Å². The lowest BCUT2D eigenvalue weighted by atomic mass is 9.93. The van der Waals surface area contributed by atoms with Crippen molar-refractivity contribution in [2.45, 2.75) is 44.9 Å². The summed E-state index contributed by atoms with van der Waals surface area (Å²) in [5, 5.41) is 3.03. The molecule has 0 aliphatic heterocycles. The number of halogens is 2. The Morgan fingerprint density at radius 3 is 2.29 bits per heavy atom. The lowest BCUT2D eigenvalue weighted by Crippen LogP contribution is -2.45. The quantitative estimate of drug-likeness (QED) is 0.876. The van der Waals surface area contributed by atoms with E-state index in [0.29, 0.717) is 6.54 Å². The predicted octanol–water partition coefficient (Wildman–Crippen LogP) is 3.14. The highest BCUT2D eigenvalue weighted by Crippen LogP contribution is 2.34. The third-order valence-corrected chi connectivity index (χ3v) is 6.01. The average Bonchev–Trinajstić information content (AvgIpc) is 2.37. The van der Waals surface area contributed by atoms with Crippen LogP contribution in [0.3, 0.4) is 0 Å². The van der Waals surface area contributed by atoms with Gasteiger partial charge in [-0.25, -0.2) is 17.2 Å². The maximum absolute atomic E-state index is 14.2. The predicted molar refractivity (Wildman–Crippen MR) is 81.1 cm³/mol. The number of rotatable bonds is 6. The summed E-state index contributed by atoms with van der Waals surface area (Å²) in [6.45, 7) is 6.94. The summed E-state index contributed by atoms with van der Waals surface area (Å²) in [5.41, 5.74) is 0.240. The Kier molecular flexibility index (Phi) is 5.50. The molecule has 1 rings (SSSR count). The largest absolute Gasteiger partial charge is 0.309 e. The first-order chi connectivity index (χ1) is 9.54. The SMILES string of the molecule is CCCNC(c1ccc(C)c(F)c1F)C(C)(C)S(C)(=O)=O. The summed E-state index contributed by atoms with van der Waals surface area (Å²) in [7, 11) is -3.47. The van der Waals surface area contributed by atoms with Gasteiger partial charge in [-0.1, -0.05) is 19.1 Å². The maximum Gasteiger partial charge on any atom is 0.163 e. The second-order valence-electron chi connectivity index (χ2n) is 5.86. The van der Waals surface area contributed by atoms with Crippen LogP contribution >= 0.6 is 0 Å². The van der Waals surface area contributed by atoms with Gasteiger partial charge in [-0.05, 0) is 39.3 Å². The third-order valence-electron chi connectivity index (χ3n) is 3.87. The van der Waals surface area contributed by atoms with Gasteiger partial charge in [0.1, 0.15) is 0 Å². The van der Waals surface area contributed by atoms with E-state index in [4.69, 9.17) is 0 Å². The summed E-state index contributed by atoms with van der Waals surface area (Å²) in [4.78, 5) is 0. The van der Waals surface area contributed by atoms with Gasteiger partial charge in [0.25, 0.3) is 0 Å². The molecular weight excluding hydrogens is 296 g/mol. The summed E-state index contributed by atoms with van der Waals surface area (Å²) < 4.78 is 50.9. The van der Waals surface area contributed by atoms with Crippen LogP contribution in [-0.2, 0) is 9.84 Å². The van der Waals surface area contributed by atoms with Crippen molar-refractivity contribution < 1.29 is 17.2 Å². The van der Waals surface area contributed by atoms with Crippen LogP contribution in [0.25, 0.3) is 0 Å². The summed E-state index contributed by atoms with van der Waals surface area (Å²) in [5.74, 6) is -1.92. The van der Waals surface area contributed by atoms with E-state index in [9.17, 15) is 17.2 Å². The average molecular weight is 319 g/mol. The van der Waals surface area contributed by atoms with Crippen LogP contribution in [0.1, 0.15) is 44.4 Å². The highest BCUT2D eigenvalue weighted by molar-refractivity contribution is 7.92. The molecule has 1 aromatic carbocycles. The number of sulfone groups is 1. The Morgan fingerprint density at radius 1 is 1.24 bits per heavy atom. The first kappa shape index (κ1) is 18.0. The van der Waals surface area contributed by atoms with E-state index < -0.39 is 32.3 Å². The van der Waals surface area contributed by atoms with Crippen LogP contribution in [0.2, 0.25) is 0 Å². The second-order valence-corrected chi connectivity index (χ2v) is 8.46. The number of aryl methyl sites for hydroxylation is 1. The first-order valence-corrected chi connectivity index (χ1v) is 8.80. The molecule has 0 spiro atoms. The molecule has 1 N–H and O–H groups in total. The Bertz CT molecular complexity index is 612. The summed E-state index contributed by atoms with van der Waals surface area (Å²) in [6.07, 6.45) is 1.86. The molecule has 0 aliphatic carbocycles. The topological polar surface area (TPSA) is 46.2 Å². The van der Waals surface area contributed by atoms with Crippen molar-refractivity contribution in [3.8, 4) is 0 Å². The molecule has 0 bridgehead atoms. The van der Waals surface area contributed by atoms with Crippen LogP contribution in [0.15, 0.2) is 12.1 Å². The van der Waals surface area contributed by atoms with Gasteiger partial charge in [0.15, 0.2) is 21.5 Å². The summed E-state index contributed by atoms with van der Waals surface area (Å²) >= 11 is 0. The number of benzene rings is 1. The van der Waals surface area contributed by atoms with Gasteiger partial charge in [0, 0.05) is 11.8 Å². The van der Waals surface area contributed by atoms with Gasteiger partial charge in [-0.3, -0.25) is 0 Å². The minimum atomic E-state index is -3.47. The van der Waals surface area contributed by atoms with E-state index in [0.717, 1.165) is 12.7 Å². The van der Waals surface area contributed by atoms with Crippen molar-refractivity contribution >= 4 is 9.84 Å². The van der Waals surface area contributed by atoms with E-state index in [1.807, 2.05) is 6.92 Å². The molecule has 0 radical (unpaired) electrons. The molecule has 3 nitrogen and oxygen atoms in total. The Balaban J connectivity index is 3.43. The standard InChI is InChI=1S/C15H23F2NO2S/c1-6-9-18-14(15(3,4)21(5,19)20)11-8-7-10(2)12(16)13(11)17/h7-8,14,18H,6,9H2,1-5H3. The smallest absolute Gasteiger partial charge is 0.163 e. The molecule has 120 valence electrons. The highest BCUT2D eigenvalue weighted by atomic mass is 32.2. The van der Waals surface area contributed by atoms with Gasteiger partial charge in [0.05, 0.1) is 10.8 Å². The van der Waals surface area contributed by atoms with Gasteiger partial charge >= 0.3 is 0 Å². The molecule has 1 aromatic rings. The third kappa shape index (κ3) is 3.61. The first-order valence-electron chi connectivity index (χ1n) is 6.91. The maximum atomic E-state index is 14.2. The fourth-order valence-electron chi connectivity index (χ4n) is 2.12. The molecule has 6 heteroatoms. The van der Waals surface area contributed by atoms with E-state index in [-0.39, 0.29) is 11.1 Å². The van der Waals surface area contributed by atoms with Crippen molar-refractivity contribution in [2.75, 3.05) is 12.8 Å². The molecule has 1 atom stereocenters. The highest BCUT2D eigenvalue weighted by Gasteiger charge is 2.41. The normalized spacial score (nSPS) is 14.2. The molecule has 1 unspecified atom stereocenters. The van der Waals surface area contributed by atoms with Crippen molar-refractivity contribution in [2.24, 2.45) is 0 Å². The van der Waals surface area contributed by atoms with Crippen LogP contribution in [0.5, 0.6) is 0 Å². The fourth-order valence-corrected chi connectivity index (χ4v) is 2.76. The molecule has 21 heavy (non-hydrogen) atoms. The number of hydrogen-bond donors (Lipinski definition) is 1. The van der Waals surface area contributed by atoms with Gasteiger partial charge in [-0.2, -0.15) is 0 Å². The van der Waals surface area contributed by atoms with Gasteiger partial charge in [-0.15, -0.1) is 0 Å². The van der Waals surface area contributed by atoms with Crippen molar-refractivity contribution in [3.63, 3.8) is 0 Å². The van der Waals surface area contributed by atoms with E-state index in [1.165, 1.54) is 32.9 Å². The number of hydrogen-bond acceptors (Lipinski definition) is 3. The van der Waals surface area contributed by atoms with Gasteiger partial charge < -0.3 is 5.32 Å². The second kappa shape index (κ2) is 6.40. The Morgan fingerprint density at radius 2 is 1.81 bits per heavy atom. The van der Waals surface area contributed by atoms with Crippen molar-refractivity contribution in [3.05, 3.63) is 34.9 Å². The van der Waals surface area contributed by atoms with E-state index in [2.05, 4.69) is 5.32 Å². The monoisotopic (exact) mass is 319 g/mol. The lowest BCUT2D eigenvalue weighted by molar-refractivity contribution is 0.395. The fraction of sp³-hybridized carbons (Fsp3) is 0.600. The summed E-state index contributed by atoms with van der Waals surface area (Å²) in [6, 6.07) is 2.10. The molecule has 0 heterocycles. The molecule has 0 fully saturated rings. The molecule has 0 saturated carbocycles. The number of nitrogens with one attached hydrogen (secondary N) is 1.